The van der Waals surface area contributed by atoms with Crippen molar-refractivity contribution in [2.24, 2.45) is 10.9 Å². The molecule has 2 aromatic carbocycles. The minimum Gasteiger partial charge on any atom is -0.480 e. The van der Waals surface area contributed by atoms with E-state index in [1.165, 1.54) is 12.1 Å². The summed E-state index contributed by atoms with van der Waals surface area (Å²) in [5, 5.41) is 23.3. The second-order valence-corrected chi connectivity index (χ2v) is 9.43. The Morgan fingerprint density at radius 2 is 1.91 bits per heavy atom. The minimum absolute atomic E-state index is 0.0343. The molecule has 12 heteroatoms. The van der Waals surface area contributed by atoms with Crippen LogP contribution in [0.5, 0.6) is 0 Å². The predicted molar refractivity (Wildman–Crippen MR) is 124 cm³/mol. The highest BCUT2D eigenvalue weighted by atomic mass is 32.2. The lowest BCUT2D eigenvalue weighted by molar-refractivity contribution is -0.138. The molecule has 0 saturated carbocycles. The highest BCUT2D eigenvalue weighted by molar-refractivity contribution is 7.89. The number of aryl methyl sites for hydroxylation is 1. The molecule has 1 unspecified atom stereocenters. The fourth-order valence-corrected chi connectivity index (χ4v) is 4.77. The summed E-state index contributed by atoms with van der Waals surface area (Å²) in [7, 11) is -4.10. The highest BCUT2D eigenvalue weighted by Crippen LogP contribution is 2.19. The third-order valence-corrected chi connectivity index (χ3v) is 6.79. The molecule has 0 fully saturated rings. The van der Waals surface area contributed by atoms with Crippen LogP contribution >= 0.6 is 0 Å². The van der Waals surface area contributed by atoms with Gasteiger partial charge in [-0.3, -0.25) is 15.0 Å². The van der Waals surface area contributed by atoms with Crippen LogP contribution in [-0.4, -0.2) is 55.6 Å². The van der Waals surface area contributed by atoms with Crippen molar-refractivity contribution < 1.29 is 28.0 Å². The summed E-state index contributed by atoms with van der Waals surface area (Å²) in [6.45, 7) is 1.16. The van der Waals surface area contributed by atoms with Crippen LogP contribution in [0.25, 0.3) is 0 Å². The van der Waals surface area contributed by atoms with Crippen LogP contribution in [0.4, 0.5) is 0 Å². The molecule has 0 spiro atoms. The Bertz CT molecular complexity index is 1230. The Balaban J connectivity index is 1.53. The van der Waals surface area contributed by atoms with Crippen molar-refractivity contribution in [1.29, 1.82) is 5.41 Å². The van der Waals surface area contributed by atoms with Crippen LogP contribution in [0.2, 0.25) is 0 Å². The van der Waals surface area contributed by atoms with E-state index in [9.17, 15) is 23.1 Å². The number of benzene rings is 2. The van der Waals surface area contributed by atoms with E-state index in [1.807, 2.05) is 0 Å². The summed E-state index contributed by atoms with van der Waals surface area (Å²) >= 11 is 0. The van der Waals surface area contributed by atoms with Crippen molar-refractivity contribution in [1.82, 2.24) is 10.0 Å². The Kier molecular flexibility index (Phi) is 7.64. The molecule has 34 heavy (non-hydrogen) atoms. The molecule has 0 radical (unpaired) electrons. The van der Waals surface area contributed by atoms with Gasteiger partial charge >= 0.3 is 5.97 Å². The van der Waals surface area contributed by atoms with E-state index in [0.717, 1.165) is 5.56 Å². The molecule has 0 aromatic heterocycles. The number of hydrogen-bond acceptors (Lipinski definition) is 7. The van der Waals surface area contributed by atoms with Gasteiger partial charge in [0, 0.05) is 18.5 Å². The number of nitrogens with two attached hydrogens (primary N) is 1. The van der Waals surface area contributed by atoms with Gasteiger partial charge in [-0.2, -0.15) is 4.72 Å². The quantitative estimate of drug-likeness (QED) is 0.241. The molecule has 6 N–H and O–H groups in total. The number of sulfonamides is 1. The average molecular weight is 488 g/mol. The molecule has 0 saturated heterocycles. The number of amides is 1. The summed E-state index contributed by atoms with van der Waals surface area (Å²) in [5.74, 6) is -1.98. The van der Waals surface area contributed by atoms with Gasteiger partial charge in [-0.05, 0) is 24.1 Å². The number of carbonyl (C=O) groups excluding carboxylic acids is 1. The third-order valence-electron chi connectivity index (χ3n) is 5.16. The molecule has 0 aliphatic carbocycles. The largest absolute Gasteiger partial charge is 0.480 e. The second-order valence-electron chi connectivity index (χ2n) is 7.75. The smallest absolute Gasteiger partial charge is 0.323 e. The maximum atomic E-state index is 12.6. The van der Waals surface area contributed by atoms with Crippen molar-refractivity contribution in [3.63, 3.8) is 0 Å². The number of carboxylic acid groups (broad SMARTS) is 1. The Hall–Kier alpha value is -3.77. The van der Waals surface area contributed by atoms with Crippen LogP contribution in [0.3, 0.4) is 0 Å². The molecule has 2 aromatic rings. The molecule has 1 aliphatic heterocycles. The topological polar surface area (TPSA) is 184 Å². The van der Waals surface area contributed by atoms with Crippen LogP contribution in [0.1, 0.15) is 29.5 Å². The van der Waals surface area contributed by atoms with E-state index in [-0.39, 0.29) is 17.2 Å². The van der Waals surface area contributed by atoms with Gasteiger partial charge < -0.3 is 21.0 Å². The van der Waals surface area contributed by atoms with Gasteiger partial charge in [-0.15, -0.1) is 0 Å². The van der Waals surface area contributed by atoms with E-state index in [2.05, 4.69) is 15.2 Å². The highest BCUT2D eigenvalue weighted by Gasteiger charge is 2.28. The van der Waals surface area contributed by atoms with Gasteiger partial charge in [0.1, 0.15) is 18.0 Å². The van der Waals surface area contributed by atoms with Gasteiger partial charge in [-0.25, -0.2) is 8.42 Å². The van der Waals surface area contributed by atoms with E-state index >= 15 is 0 Å². The average Bonchev–Trinajstić information content (AvgIpc) is 3.25. The first-order valence-electron chi connectivity index (χ1n) is 10.3. The fraction of sp³-hybridized carbons (Fsp3) is 0.273. The molecule has 180 valence electrons. The SMILES string of the molecule is Cc1ccccc1S(=O)(=O)N[C@@H](CNC(=O)CC1CC(c2ccc(C(=N)N)cc2)=NO1)C(=O)O. The molecule has 0 bridgehead atoms. The lowest BCUT2D eigenvalue weighted by atomic mass is 10.0. The first-order valence-corrected chi connectivity index (χ1v) is 11.8. The number of carbonyl (C=O) groups is 2. The van der Waals surface area contributed by atoms with Crippen LogP contribution in [0, 0.1) is 12.3 Å². The number of hydrogen-bond donors (Lipinski definition) is 5. The van der Waals surface area contributed by atoms with Crippen molar-refractivity contribution in [2.45, 2.75) is 36.8 Å². The van der Waals surface area contributed by atoms with E-state index in [0.29, 0.717) is 23.3 Å². The van der Waals surface area contributed by atoms with Crippen LogP contribution < -0.4 is 15.8 Å². The van der Waals surface area contributed by atoms with Crippen LogP contribution in [0.15, 0.2) is 58.6 Å². The normalized spacial score (nSPS) is 16.3. The number of carboxylic acids is 1. The number of oxime groups is 1. The maximum absolute atomic E-state index is 12.6. The van der Waals surface area contributed by atoms with Crippen molar-refractivity contribution in [3.05, 3.63) is 65.2 Å². The molecule has 1 aliphatic rings. The van der Waals surface area contributed by atoms with Gasteiger partial charge in [0.2, 0.25) is 15.9 Å². The maximum Gasteiger partial charge on any atom is 0.323 e. The zero-order valence-electron chi connectivity index (χ0n) is 18.3. The molecule has 11 nitrogen and oxygen atoms in total. The van der Waals surface area contributed by atoms with E-state index in [1.54, 1.807) is 43.3 Å². The number of aliphatic carboxylic acids is 1. The van der Waals surface area contributed by atoms with Gasteiger partial charge in [0.25, 0.3) is 0 Å². The molecule has 2 atom stereocenters. The lowest BCUT2D eigenvalue weighted by Crippen LogP contribution is -2.48. The number of amidine groups is 1. The molecular weight excluding hydrogens is 462 g/mol. The van der Waals surface area contributed by atoms with Gasteiger partial charge in [0.15, 0.2) is 0 Å². The fourth-order valence-electron chi connectivity index (χ4n) is 3.33. The number of rotatable bonds is 10. The van der Waals surface area contributed by atoms with Crippen molar-refractivity contribution >= 4 is 33.4 Å². The monoisotopic (exact) mass is 487 g/mol. The van der Waals surface area contributed by atoms with E-state index < -0.39 is 40.6 Å². The zero-order chi connectivity index (χ0) is 24.9. The van der Waals surface area contributed by atoms with Crippen molar-refractivity contribution in [3.8, 4) is 0 Å². The van der Waals surface area contributed by atoms with Gasteiger partial charge in [-0.1, -0.05) is 47.6 Å². The first kappa shape index (κ1) is 24.9. The first-order chi connectivity index (χ1) is 16.1. The summed E-state index contributed by atoms with van der Waals surface area (Å²) in [6.07, 6.45) is -0.278. The summed E-state index contributed by atoms with van der Waals surface area (Å²) < 4.78 is 27.3. The van der Waals surface area contributed by atoms with Crippen LogP contribution in [-0.2, 0) is 24.4 Å². The molecule has 3 rings (SSSR count). The number of nitrogens with one attached hydrogen (secondary N) is 3. The third kappa shape index (κ3) is 6.17. The standard InChI is InChI=1S/C22H25N5O6S/c1-13-4-2-3-5-19(13)34(31,32)27-18(22(29)30)12-25-20(28)11-16-10-17(26-33-16)14-6-8-15(9-7-14)21(23)24/h2-9,16,18,27H,10-12H2,1H3,(H3,23,24)(H,25,28)(H,29,30)/t16?,18-/m0/s1. The Morgan fingerprint density at radius 3 is 2.53 bits per heavy atom. The summed E-state index contributed by atoms with van der Waals surface area (Å²) in [6, 6.07) is 11.5. The predicted octanol–water partition coefficient (Wildman–Crippen LogP) is 0.710. The summed E-state index contributed by atoms with van der Waals surface area (Å²) in [4.78, 5) is 29.2. The van der Waals surface area contributed by atoms with Gasteiger partial charge in [0.05, 0.1) is 17.0 Å². The zero-order valence-corrected chi connectivity index (χ0v) is 19.1. The molecular formula is C22H25N5O6S. The second kappa shape index (κ2) is 10.4. The summed E-state index contributed by atoms with van der Waals surface area (Å²) in [5.41, 5.74) is 7.88. The lowest BCUT2D eigenvalue weighted by Gasteiger charge is -2.17. The number of nitrogen functional groups attached to an aromatic ring is 1. The number of nitrogens with zero attached hydrogens (tertiary/aromatic N) is 1. The van der Waals surface area contributed by atoms with E-state index in [4.69, 9.17) is 16.0 Å². The Labute approximate surface area is 196 Å². The molecule has 1 heterocycles. The molecule has 1 amide bonds. The van der Waals surface area contributed by atoms with Crippen molar-refractivity contribution in [2.75, 3.05) is 6.54 Å². The minimum atomic E-state index is -4.10. The Morgan fingerprint density at radius 1 is 1.24 bits per heavy atom.